The number of aliphatic hydroxyl groups excluding tert-OH is 17. The summed E-state index contributed by atoms with van der Waals surface area (Å²) in [5.74, 6) is 0. The quantitative estimate of drug-likeness (QED) is 0.0404. The van der Waals surface area contributed by atoms with Crippen LogP contribution in [0.25, 0.3) is 0 Å². The first-order chi connectivity index (χ1) is 40.2. The Bertz CT molecular complexity index is 1920. The van der Waals surface area contributed by atoms with Crippen LogP contribution in [0.15, 0.2) is 0 Å². The number of hydrogen-bond acceptors (Lipinski definition) is 36. The molecule has 0 aromatic carbocycles. The van der Waals surface area contributed by atoms with E-state index in [9.17, 15) is 86.8 Å². The lowest BCUT2D eigenvalue weighted by molar-refractivity contribution is -0.400. The van der Waals surface area contributed by atoms with Gasteiger partial charge in [0.2, 0.25) is 0 Å². The van der Waals surface area contributed by atoms with E-state index in [1.165, 1.54) is 14.2 Å². The molecule has 0 unspecified atom stereocenters. The molecule has 7 heterocycles. The van der Waals surface area contributed by atoms with Gasteiger partial charge in [0.25, 0.3) is 0 Å². The minimum Gasteiger partial charge on any atom is -0.394 e. The third kappa shape index (κ3) is 14.3. The molecule has 0 aromatic rings. The van der Waals surface area contributed by atoms with Crippen LogP contribution in [0.2, 0.25) is 0 Å². The van der Waals surface area contributed by atoms with Crippen LogP contribution in [-0.4, -0.2) is 391 Å². The van der Waals surface area contributed by atoms with E-state index in [1.807, 2.05) is 0 Å². The molecule has 7 rings (SSSR count). The van der Waals surface area contributed by atoms with E-state index in [4.69, 9.17) is 90.0 Å². The van der Waals surface area contributed by atoms with Gasteiger partial charge >= 0.3 is 0 Å². The van der Waals surface area contributed by atoms with E-state index in [1.54, 1.807) is 0 Å². The average molecular weight is 1240 g/mol. The summed E-state index contributed by atoms with van der Waals surface area (Å²) in [4.78, 5) is 0. The molecule has 0 aliphatic carbocycles. The molecule has 0 aromatic heterocycles. The van der Waals surface area contributed by atoms with Gasteiger partial charge in [0.15, 0.2) is 44.0 Å². The predicted molar refractivity (Wildman–Crippen MR) is 261 cm³/mol. The van der Waals surface area contributed by atoms with Crippen LogP contribution in [0.3, 0.4) is 0 Å². The van der Waals surface area contributed by atoms with E-state index in [2.05, 4.69) is 0 Å². The van der Waals surface area contributed by atoms with Crippen molar-refractivity contribution in [1.82, 2.24) is 0 Å². The molecule has 7 fully saturated rings. The van der Waals surface area contributed by atoms with Crippen molar-refractivity contribution in [3.05, 3.63) is 0 Å². The fourth-order valence-corrected chi connectivity index (χ4v) is 11.5. The Balaban J connectivity index is 1.00. The van der Waals surface area contributed by atoms with Crippen LogP contribution in [0.5, 0.6) is 0 Å². The zero-order chi connectivity index (χ0) is 61.6. The van der Waals surface area contributed by atoms with Gasteiger partial charge in [-0.15, -0.1) is 0 Å². The molecule has 7 aliphatic heterocycles. The maximum Gasteiger partial charge on any atom is 0.187 e. The molecule has 492 valence electrons. The lowest BCUT2D eigenvalue weighted by atomic mass is 9.94. The van der Waals surface area contributed by atoms with Gasteiger partial charge in [0.05, 0.1) is 46.2 Å². The van der Waals surface area contributed by atoms with Gasteiger partial charge in [0, 0.05) is 42.7 Å². The Kier molecular flexibility index (Phi) is 26.3. The Labute approximate surface area is 480 Å². The van der Waals surface area contributed by atoms with Gasteiger partial charge in [-0.25, -0.2) is 0 Å². The van der Waals surface area contributed by atoms with Crippen molar-refractivity contribution >= 4 is 0 Å². The van der Waals surface area contributed by atoms with Crippen LogP contribution in [0, 0.1) is 0 Å². The molecule has 84 heavy (non-hydrogen) atoms. The highest BCUT2D eigenvalue weighted by atomic mass is 16.8. The Morgan fingerprint density at radius 1 is 0.214 bits per heavy atom. The normalized spacial score (nSPS) is 50.5. The molecule has 0 radical (unpaired) electrons. The molecule has 0 saturated carbocycles. The second kappa shape index (κ2) is 31.5. The third-order valence-corrected chi connectivity index (χ3v) is 16.0. The number of ether oxygens (including phenoxy) is 19. The van der Waals surface area contributed by atoms with Crippen molar-refractivity contribution in [2.75, 3.05) is 88.9 Å². The maximum atomic E-state index is 11.8. The Morgan fingerprint density at radius 2 is 0.405 bits per heavy atom. The SMILES string of the molecule is CO[C@@H]1[C@H](O)[C@@H](O[C@H]2[C@H](OC)[C@H](O)[C@@H](O[C@H]3[C@H](OC)[C@H](O)[C@@H](O)O[C@@H]3CO)O[C@@H]2CO)O[C@H](CO)[C@H]1O[C@H]1O[C@H](CO)[C@@H](O[C@H]2O[C@H](CO)[C@@H](O[C@H]3O[C@H](CO)[C@@H](O[C@H]4O[C@H](CO)[C@@H](O)[C@H](O)[C@@H]4O)[C@H](OC)[C@H]3O)[C@H](OC)[C@@H]2O)[C@H](OC)[C@@H]1O. The number of methoxy groups -OCH3 is 6. The first-order valence-electron chi connectivity index (χ1n) is 27.0. The highest BCUT2D eigenvalue weighted by Crippen LogP contribution is 2.39. The topological polar surface area (TPSA) is 519 Å². The summed E-state index contributed by atoms with van der Waals surface area (Å²) in [5.41, 5.74) is 0. The van der Waals surface area contributed by atoms with Gasteiger partial charge in [0.1, 0.15) is 171 Å². The van der Waals surface area contributed by atoms with Gasteiger partial charge in [-0.1, -0.05) is 0 Å². The van der Waals surface area contributed by atoms with Crippen LogP contribution in [0.4, 0.5) is 0 Å². The Hall–Kier alpha value is -1.44. The van der Waals surface area contributed by atoms with E-state index in [-0.39, 0.29) is 0 Å². The highest BCUT2D eigenvalue weighted by Gasteiger charge is 2.59. The van der Waals surface area contributed by atoms with E-state index in [0.717, 1.165) is 28.4 Å². The zero-order valence-corrected chi connectivity index (χ0v) is 46.5. The van der Waals surface area contributed by atoms with Crippen LogP contribution >= 0.6 is 0 Å². The van der Waals surface area contributed by atoms with E-state index < -0.39 is 261 Å². The summed E-state index contributed by atoms with van der Waals surface area (Å²) in [5, 5.41) is 183. The van der Waals surface area contributed by atoms with Crippen molar-refractivity contribution in [2.45, 2.75) is 215 Å². The Morgan fingerprint density at radius 3 is 0.619 bits per heavy atom. The number of rotatable bonds is 25. The molecule has 36 heteroatoms. The molecule has 17 N–H and O–H groups in total. The molecule has 36 nitrogen and oxygen atoms in total. The summed E-state index contributed by atoms with van der Waals surface area (Å²) in [6.07, 6.45) is -56.2. The molecular formula is C48H84O36. The summed E-state index contributed by atoms with van der Waals surface area (Å²) in [7, 11) is 6.99. The summed E-state index contributed by atoms with van der Waals surface area (Å²) in [6, 6.07) is 0. The zero-order valence-electron chi connectivity index (χ0n) is 46.5. The highest BCUT2D eigenvalue weighted by molar-refractivity contribution is 5.02. The largest absolute Gasteiger partial charge is 0.394 e. The lowest BCUT2D eigenvalue weighted by Gasteiger charge is -2.51. The smallest absolute Gasteiger partial charge is 0.187 e. The lowest BCUT2D eigenvalue weighted by Crippen LogP contribution is -2.69. The van der Waals surface area contributed by atoms with Gasteiger partial charge in [-0.05, 0) is 0 Å². The van der Waals surface area contributed by atoms with E-state index in [0.29, 0.717) is 0 Å². The average Bonchev–Trinajstić information content (AvgIpc) is 1.83. The van der Waals surface area contributed by atoms with Crippen molar-refractivity contribution in [2.24, 2.45) is 0 Å². The second-order valence-electron chi connectivity index (χ2n) is 20.8. The van der Waals surface area contributed by atoms with Crippen LogP contribution in [0.1, 0.15) is 0 Å². The predicted octanol–water partition coefficient (Wildman–Crippen LogP) is -12.4. The van der Waals surface area contributed by atoms with Crippen LogP contribution < -0.4 is 0 Å². The molecule has 0 bridgehead atoms. The molecule has 0 spiro atoms. The summed E-state index contributed by atoms with van der Waals surface area (Å²) in [6.45, 7) is -5.79. The molecule has 0 amide bonds. The minimum atomic E-state index is -1.88. The van der Waals surface area contributed by atoms with Crippen LogP contribution in [-0.2, 0) is 90.0 Å². The van der Waals surface area contributed by atoms with Gasteiger partial charge < -0.3 is 177 Å². The van der Waals surface area contributed by atoms with E-state index >= 15 is 0 Å². The maximum absolute atomic E-state index is 11.8. The molecule has 7 saturated heterocycles. The molecule has 7 aliphatic rings. The fraction of sp³-hybridized carbons (Fsp3) is 1.00. The van der Waals surface area contributed by atoms with Crippen molar-refractivity contribution in [3.63, 3.8) is 0 Å². The van der Waals surface area contributed by atoms with Gasteiger partial charge in [-0.3, -0.25) is 0 Å². The molecule has 35 atom stereocenters. The first kappa shape index (κ1) is 70.0. The number of aliphatic hydroxyl groups is 17. The summed E-state index contributed by atoms with van der Waals surface area (Å²) >= 11 is 0. The van der Waals surface area contributed by atoms with Crippen molar-refractivity contribution < 1.29 is 177 Å². The second-order valence-corrected chi connectivity index (χ2v) is 20.8. The third-order valence-electron chi connectivity index (χ3n) is 16.0. The minimum absolute atomic E-state index is 0.727. The monoisotopic (exact) mass is 1240 g/mol. The molecular weight excluding hydrogens is 1150 g/mol. The standard InChI is InChI=1S/C48H84O36/c1-66-36-24(59)42(65)72-15(8-50)30(36)80-44-26(61)38(68-3)32(17(10-52)75-44)82-46-28(63)40(70-5)34(19(12-54)77-46)84-48-29(64)41(71-6)35(20(13-55)78-48)83-47-27(62)39(69-4)33(18(11-53)76-47)81-45-25(60)37(67-2)31(16(9-51)74-45)79-43-23(58)22(57)21(56)14(7-49)73-43/h14-65H,7-13H2,1-6H3/t14-,15-,16-,17-,18-,19-,20-,21-,22+,23+,24+,25-,26+,27+,28+,29+,30-,31-,32-,33-,34-,35-,36-,37-,38-,39-,40-,41-,42+,43-,44-,45-,46-,47-,48-/m1/s1. The van der Waals surface area contributed by atoms with Crippen molar-refractivity contribution in [1.29, 1.82) is 0 Å². The van der Waals surface area contributed by atoms with Gasteiger partial charge in [-0.2, -0.15) is 0 Å². The summed E-state index contributed by atoms with van der Waals surface area (Å²) < 4.78 is 110. The fourth-order valence-electron chi connectivity index (χ4n) is 11.5. The number of hydrogen-bond donors (Lipinski definition) is 17. The van der Waals surface area contributed by atoms with Crippen molar-refractivity contribution in [3.8, 4) is 0 Å². The first-order valence-corrected chi connectivity index (χ1v) is 27.0.